The number of hydrogen-bond acceptors (Lipinski definition) is 5. The first-order valence-corrected chi connectivity index (χ1v) is 6.75. The minimum atomic E-state index is -0.778. The molecule has 0 N–H and O–H groups in total. The summed E-state index contributed by atoms with van der Waals surface area (Å²) in [7, 11) is 0. The molecule has 0 radical (unpaired) electrons. The van der Waals surface area contributed by atoms with E-state index < -0.39 is 6.16 Å². The average molecular weight is 280 g/mol. The van der Waals surface area contributed by atoms with Gasteiger partial charge in [-0.1, -0.05) is 31.5 Å². The number of para-hydroxylation sites is 1. The van der Waals surface area contributed by atoms with Gasteiger partial charge in [-0.05, 0) is 19.4 Å². The number of benzene rings is 1. The van der Waals surface area contributed by atoms with Crippen molar-refractivity contribution in [2.24, 2.45) is 0 Å². The van der Waals surface area contributed by atoms with Crippen LogP contribution in [0.3, 0.4) is 0 Å². The fourth-order valence-electron chi connectivity index (χ4n) is 1.52. The van der Waals surface area contributed by atoms with Gasteiger partial charge < -0.3 is 14.2 Å². The molecule has 1 aromatic carbocycles. The molecule has 1 aromatic rings. The predicted molar refractivity (Wildman–Crippen MR) is 73.7 cm³/mol. The van der Waals surface area contributed by atoms with Crippen LogP contribution in [0.15, 0.2) is 24.3 Å². The predicted octanol–water partition coefficient (Wildman–Crippen LogP) is 3.11. The van der Waals surface area contributed by atoms with E-state index in [0.717, 1.165) is 12.8 Å². The largest absolute Gasteiger partial charge is 0.513 e. The summed E-state index contributed by atoms with van der Waals surface area (Å²) in [5.74, 6) is -0.0169. The van der Waals surface area contributed by atoms with Crippen molar-refractivity contribution in [3.05, 3.63) is 29.8 Å². The van der Waals surface area contributed by atoms with Gasteiger partial charge in [0.25, 0.3) is 0 Å². The van der Waals surface area contributed by atoms with Crippen molar-refractivity contribution in [3.63, 3.8) is 0 Å². The second kappa shape index (κ2) is 8.96. The van der Waals surface area contributed by atoms with Crippen LogP contribution in [0.1, 0.15) is 32.3 Å². The Kier molecular flexibility index (Phi) is 7.17. The summed E-state index contributed by atoms with van der Waals surface area (Å²) in [5, 5.41) is 0. The van der Waals surface area contributed by atoms with Crippen LogP contribution in [0.2, 0.25) is 0 Å². The monoisotopic (exact) mass is 280 g/mol. The zero-order valence-corrected chi connectivity index (χ0v) is 11.9. The second-order valence-electron chi connectivity index (χ2n) is 4.14. The number of ether oxygens (including phenoxy) is 3. The fraction of sp³-hybridized carbons (Fsp3) is 0.467. The first kappa shape index (κ1) is 16.0. The highest BCUT2D eigenvalue weighted by Gasteiger charge is 2.13. The van der Waals surface area contributed by atoms with E-state index in [1.54, 1.807) is 31.2 Å². The molecule has 20 heavy (non-hydrogen) atoms. The van der Waals surface area contributed by atoms with Gasteiger partial charge in [0.2, 0.25) is 0 Å². The summed E-state index contributed by atoms with van der Waals surface area (Å²) in [6.45, 7) is 4.37. The summed E-state index contributed by atoms with van der Waals surface area (Å²) in [4.78, 5) is 23.0. The number of hydrogen-bond donors (Lipinski definition) is 0. The van der Waals surface area contributed by atoms with Gasteiger partial charge in [-0.15, -0.1) is 0 Å². The summed E-state index contributed by atoms with van der Waals surface area (Å²) in [5.41, 5.74) is 0.599. The van der Waals surface area contributed by atoms with E-state index in [4.69, 9.17) is 14.2 Å². The van der Waals surface area contributed by atoms with Gasteiger partial charge in [0.1, 0.15) is 5.75 Å². The molecule has 5 heteroatoms. The molecule has 0 amide bonds. The van der Waals surface area contributed by atoms with Gasteiger partial charge in [-0.3, -0.25) is 4.79 Å². The number of rotatable bonds is 7. The first-order valence-electron chi connectivity index (χ1n) is 6.75. The summed E-state index contributed by atoms with van der Waals surface area (Å²) in [6.07, 6.45) is 1.10. The number of esters is 1. The molecular formula is C15H20O5. The Balaban J connectivity index is 2.60. The van der Waals surface area contributed by atoms with Crippen LogP contribution in [0.5, 0.6) is 5.75 Å². The van der Waals surface area contributed by atoms with Crippen molar-refractivity contribution in [2.45, 2.75) is 33.1 Å². The highest BCUT2D eigenvalue weighted by atomic mass is 16.7. The minimum absolute atomic E-state index is 0.0687. The van der Waals surface area contributed by atoms with Crippen molar-refractivity contribution in [3.8, 4) is 5.75 Å². The standard InChI is InChI=1S/C15H20O5/c1-3-5-10-19-14(16)11-12-8-6-7-9-13(12)20-15(17)18-4-2/h6-9H,3-5,10-11H2,1-2H3. The van der Waals surface area contributed by atoms with E-state index in [1.807, 2.05) is 6.92 Å². The molecule has 0 unspecified atom stereocenters. The molecule has 0 aliphatic carbocycles. The van der Waals surface area contributed by atoms with E-state index >= 15 is 0 Å². The van der Waals surface area contributed by atoms with E-state index in [2.05, 4.69) is 0 Å². The fourth-order valence-corrected chi connectivity index (χ4v) is 1.52. The highest BCUT2D eigenvalue weighted by Crippen LogP contribution is 2.19. The number of carbonyl (C=O) groups is 2. The Bertz CT molecular complexity index is 442. The summed E-state index contributed by atoms with van der Waals surface area (Å²) < 4.78 is 14.8. The van der Waals surface area contributed by atoms with Gasteiger partial charge >= 0.3 is 12.1 Å². The van der Waals surface area contributed by atoms with Crippen LogP contribution in [-0.2, 0) is 20.7 Å². The first-order chi connectivity index (χ1) is 9.67. The van der Waals surface area contributed by atoms with Crippen molar-refractivity contribution in [1.82, 2.24) is 0 Å². The lowest BCUT2D eigenvalue weighted by Crippen LogP contribution is -2.13. The Labute approximate surface area is 118 Å². The van der Waals surface area contributed by atoms with Crippen LogP contribution < -0.4 is 4.74 Å². The van der Waals surface area contributed by atoms with E-state index in [0.29, 0.717) is 17.9 Å². The molecule has 0 bridgehead atoms. The molecule has 0 saturated heterocycles. The minimum Gasteiger partial charge on any atom is -0.465 e. The third-order valence-electron chi connectivity index (χ3n) is 2.52. The van der Waals surface area contributed by atoms with Crippen molar-refractivity contribution in [1.29, 1.82) is 0 Å². The molecule has 0 heterocycles. The number of unbranched alkanes of at least 4 members (excludes halogenated alkanes) is 1. The quantitative estimate of drug-likeness (QED) is 0.436. The summed E-state index contributed by atoms with van der Waals surface area (Å²) in [6, 6.07) is 6.83. The SMILES string of the molecule is CCCCOC(=O)Cc1ccccc1OC(=O)OCC. The molecule has 110 valence electrons. The molecule has 0 saturated carbocycles. The van der Waals surface area contributed by atoms with E-state index in [9.17, 15) is 9.59 Å². The van der Waals surface area contributed by atoms with Gasteiger partial charge in [0, 0.05) is 5.56 Å². The van der Waals surface area contributed by atoms with Gasteiger partial charge in [0.05, 0.1) is 19.6 Å². The maximum absolute atomic E-state index is 11.7. The molecular weight excluding hydrogens is 260 g/mol. The lowest BCUT2D eigenvalue weighted by Gasteiger charge is -2.09. The average Bonchev–Trinajstić information content (AvgIpc) is 2.41. The molecule has 5 nitrogen and oxygen atoms in total. The van der Waals surface area contributed by atoms with Gasteiger partial charge in [-0.2, -0.15) is 0 Å². The Morgan fingerprint density at radius 1 is 1.10 bits per heavy atom. The number of carbonyl (C=O) groups excluding carboxylic acids is 2. The molecule has 0 aliphatic rings. The Morgan fingerprint density at radius 3 is 2.55 bits per heavy atom. The third kappa shape index (κ3) is 5.73. The maximum Gasteiger partial charge on any atom is 0.513 e. The molecule has 0 spiro atoms. The van der Waals surface area contributed by atoms with E-state index in [1.165, 1.54) is 0 Å². The Morgan fingerprint density at radius 2 is 1.85 bits per heavy atom. The van der Waals surface area contributed by atoms with Crippen molar-refractivity contribution >= 4 is 12.1 Å². The van der Waals surface area contributed by atoms with Crippen LogP contribution in [0.25, 0.3) is 0 Å². The van der Waals surface area contributed by atoms with Crippen LogP contribution in [0.4, 0.5) is 4.79 Å². The van der Waals surface area contributed by atoms with Crippen molar-refractivity contribution < 1.29 is 23.8 Å². The molecule has 1 rings (SSSR count). The van der Waals surface area contributed by atoms with Crippen LogP contribution in [0, 0.1) is 0 Å². The zero-order valence-electron chi connectivity index (χ0n) is 11.9. The van der Waals surface area contributed by atoms with Gasteiger partial charge in [0.15, 0.2) is 0 Å². The second-order valence-corrected chi connectivity index (χ2v) is 4.14. The molecule has 0 aromatic heterocycles. The topological polar surface area (TPSA) is 61.8 Å². The summed E-state index contributed by atoms with van der Waals surface area (Å²) >= 11 is 0. The molecule has 0 fully saturated rings. The Hall–Kier alpha value is -2.04. The zero-order chi connectivity index (χ0) is 14.8. The van der Waals surface area contributed by atoms with Crippen molar-refractivity contribution in [2.75, 3.05) is 13.2 Å². The highest BCUT2D eigenvalue weighted by molar-refractivity contribution is 5.74. The van der Waals surface area contributed by atoms with Crippen LogP contribution >= 0.6 is 0 Å². The lowest BCUT2D eigenvalue weighted by atomic mass is 10.1. The van der Waals surface area contributed by atoms with E-state index in [-0.39, 0.29) is 19.0 Å². The molecule has 0 atom stereocenters. The normalized spacial score (nSPS) is 9.90. The maximum atomic E-state index is 11.7. The lowest BCUT2D eigenvalue weighted by molar-refractivity contribution is -0.142. The van der Waals surface area contributed by atoms with Crippen LogP contribution in [-0.4, -0.2) is 25.3 Å². The third-order valence-corrected chi connectivity index (χ3v) is 2.52. The smallest absolute Gasteiger partial charge is 0.465 e. The van der Waals surface area contributed by atoms with Gasteiger partial charge in [-0.25, -0.2) is 4.79 Å². The molecule has 0 aliphatic heterocycles.